The van der Waals surface area contributed by atoms with Crippen molar-refractivity contribution in [3.63, 3.8) is 0 Å². The summed E-state index contributed by atoms with van der Waals surface area (Å²) in [5, 5.41) is 0. The number of carbonyl (C=O) groups is 1. The normalized spacial score (nSPS) is 30.6. The van der Waals surface area contributed by atoms with Gasteiger partial charge in [-0.1, -0.05) is 6.92 Å². The Morgan fingerprint density at radius 3 is 2.75 bits per heavy atom. The van der Waals surface area contributed by atoms with E-state index >= 15 is 0 Å². The average molecular weight is 171 g/mol. The van der Waals surface area contributed by atoms with Gasteiger partial charge in [0.15, 0.2) is 0 Å². The van der Waals surface area contributed by atoms with Gasteiger partial charge in [0.2, 0.25) is 5.91 Å². The van der Waals surface area contributed by atoms with E-state index in [-0.39, 0.29) is 5.91 Å². The second kappa shape index (κ2) is 3.87. The lowest BCUT2D eigenvalue weighted by Gasteiger charge is -2.19. The van der Waals surface area contributed by atoms with Gasteiger partial charge in [0.05, 0.1) is 6.54 Å². The number of carbonyl (C=O) groups excluding carboxylic acids is 1. The van der Waals surface area contributed by atoms with Crippen LogP contribution in [0.2, 0.25) is 0 Å². The Bertz CT molecular complexity index is 172. The van der Waals surface area contributed by atoms with Crippen LogP contribution in [0.3, 0.4) is 0 Å². The highest BCUT2D eigenvalue weighted by atomic mass is 16.2. The predicted octanol–water partition coefficient (Wildman–Crippen LogP) is -0.293. The molecule has 4 heteroatoms. The van der Waals surface area contributed by atoms with Crippen LogP contribution in [0.15, 0.2) is 0 Å². The van der Waals surface area contributed by atoms with E-state index in [1.807, 2.05) is 0 Å². The van der Waals surface area contributed by atoms with Crippen LogP contribution in [-0.4, -0.2) is 29.9 Å². The van der Waals surface area contributed by atoms with Gasteiger partial charge in [-0.15, -0.1) is 0 Å². The molecule has 0 aliphatic carbocycles. The molecule has 2 unspecified atom stereocenters. The van der Waals surface area contributed by atoms with E-state index in [9.17, 15) is 4.79 Å². The van der Waals surface area contributed by atoms with Crippen molar-refractivity contribution in [1.82, 2.24) is 10.3 Å². The van der Waals surface area contributed by atoms with Crippen LogP contribution in [0.4, 0.5) is 0 Å². The number of nitrogens with two attached hydrogens (primary N) is 1. The van der Waals surface area contributed by atoms with Crippen LogP contribution in [-0.2, 0) is 4.79 Å². The van der Waals surface area contributed by atoms with Gasteiger partial charge in [-0.3, -0.25) is 15.1 Å². The van der Waals surface area contributed by atoms with E-state index in [0.717, 1.165) is 6.54 Å². The van der Waals surface area contributed by atoms with Crippen molar-refractivity contribution in [3.05, 3.63) is 0 Å². The van der Waals surface area contributed by atoms with Gasteiger partial charge >= 0.3 is 0 Å². The third kappa shape index (κ3) is 2.19. The molecule has 0 aromatic carbocycles. The molecular formula is C8H17N3O. The molecular weight excluding hydrogens is 154 g/mol. The number of hydrogen-bond acceptors (Lipinski definition) is 3. The Balaban J connectivity index is 2.37. The van der Waals surface area contributed by atoms with Crippen LogP contribution in [0, 0.1) is 5.92 Å². The molecule has 1 heterocycles. The largest absolute Gasteiger partial charge is 0.293 e. The summed E-state index contributed by atoms with van der Waals surface area (Å²) in [7, 11) is 0. The quantitative estimate of drug-likeness (QED) is 0.341. The number of nitrogens with one attached hydrogen (secondary N) is 1. The summed E-state index contributed by atoms with van der Waals surface area (Å²) in [5.74, 6) is 5.60. The van der Waals surface area contributed by atoms with E-state index in [1.165, 1.54) is 6.42 Å². The second-order valence-electron chi connectivity index (χ2n) is 3.69. The van der Waals surface area contributed by atoms with Crippen molar-refractivity contribution in [1.29, 1.82) is 0 Å². The number of hydrogen-bond donors (Lipinski definition) is 2. The lowest BCUT2D eigenvalue weighted by Crippen LogP contribution is -2.41. The number of amides is 1. The van der Waals surface area contributed by atoms with Gasteiger partial charge < -0.3 is 0 Å². The Morgan fingerprint density at radius 2 is 2.33 bits per heavy atom. The van der Waals surface area contributed by atoms with E-state index < -0.39 is 0 Å². The van der Waals surface area contributed by atoms with Crippen molar-refractivity contribution >= 4 is 5.91 Å². The maximum absolute atomic E-state index is 10.9. The van der Waals surface area contributed by atoms with Crippen molar-refractivity contribution in [3.8, 4) is 0 Å². The summed E-state index contributed by atoms with van der Waals surface area (Å²) in [6, 6.07) is 0.511. The summed E-state index contributed by atoms with van der Waals surface area (Å²) < 4.78 is 0. The van der Waals surface area contributed by atoms with Crippen LogP contribution in [0.25, 0.3) is 0 Å². The zero-order valence-corrected chi connectivity index (χ0v) is 7.71. The van der Waals surface area contributed by atoms with Crippen molar-refractivity contribution in [2.24, 2.45) is 11.8 Å². The summed E-state index contributed by atoms with van der Waals surface area (Å²) in [6.45, 7) is 5.79. The molecule has 0 radical (unpaired) electrons. The average Bonchev–Trinajstić information content (AvgIpc) is 2.30. The molecule has 0 aromatic rings. The highest BCUT2D eigenvalue weighted by Gasteiger charge is 2.26. The van der Waals surface area contributed by atoms with E-state index in [0.29, 0.717) is 18.5 Å². The molecule has 1 saturated heterocycles. The van der Waals surface area contributed by atoms with Gasteiger partial charge in [0, 0.05) is 12.6 Å². The van der Waals surface area contributed by atoms with Gasteiger partial charge in [-0.05, 0) is 19.3 Å². The van der Waals surface area contributed by atoms with Crippen LogP contribution in [0.1, 0.15) is 20.3 Å². The topological polar surface area (TPSA) is 58.4 Å². The van der Waals surface area contributed by atoms with Crippen LogP contribution >= 0.6 is 0 Å². The van der Waals surface area contributed by atoms with Crippen molar-refractivity contribution in [2.45, 2.75) is 26.3 Å². The SMILES string of the molecule is CC1CC(C)N(CC(=O)NN)C1. The van der Waals surface area contributed by atoms with Crippen molar-refractivity contribution in [2.75, 3.05) is 13.1 Å². The first kappa shape index (κ1) is 9.48. The maximum atomic E-state index is 10.9. The first-order valence-corrected chi connectivity index (χ1v) is 4.37. The van der Waals surface area contributed by atoms with E-state index in [4.69, 9.17) is 5.84 Å². The summed E-state index contributed by atoms with van der Waals surface area (Å²) >= 11 is 0. The van der Waals surface area contributed by atoms with E-state index in [2.05, 4.69) is 24.2 Å². The summed E-state index contributed by atoms with van der Waals surface area (Å²) in [6.07, 6.45) is 1.18. The fraction of sp³-hybridized carbons (Fsp3) is 0.875. The number of rotatable bonds is 2. The zero-order chi connectivity index (χ0) is 9.14. The molecule has 3 N–H and O–H groups in total. The first-order valence-electron chi connectivity index (χ1n) is 4.37. The van der Waals surface area contributed by atoms with Crippen LogP contribution in [0.5, 0.6) is 0 Å². The highest BCUT2D eigenvalue weighted by Crippen LogP contribution is 2.21. The molecule has 0 aromatic heterocycles. The van der Waals surface area contributed by atoms with E-state index in [1.54, 1.807) is 0 Å². The fourth-order valence-corrected chi connectivity index (χ4v) is 1.84. The number of hydrazine groups is 1. The zero-order valence-electron chi connectivity index (χ0n) is 7.71. The molecule has 1 aliphatic rings. The number of likely N-dealkylation sites (tertiary alicyclic amines) is 1. The molecule has 2 atom stereocenters. The Hall–Kier alpha value is -0.610. The third-order valence-electron chi connectivity index (χ3n) is 2.42. The molecule has 12 heavy (non-hydrogen) atoms. The van der Waals surface area contributed by atoms with Crippen LogP contribution < -0.4 is 11.3 Å². The van der Waals surface area contributed by atoms with Gasteiger partial charge in [-0.25, -0.2) is 5.84 Å². The fourth-order valence-electron chi connectivity index (χ4n) is 1.84. The lowest BCUT2D eigenvalue weighted by molar-refractivity contribution is -0.122. The van der Waals surface area contributed by atoms with Gasteiger partial charge in [0.25, 0.3) is 0 Å². The third-order valence-corrected chi connectivity index (χ3v) is 2.42. The lowest BCUT2D eigenvalue weighted by atomic mass is 10.1. The minimum atomic E-state index is -0.101. The van der Waals surface area contributed by atoms with Crippen molar-refractivity contribution < 1.29 is 4.79 Å². The highest BCUT2D eigenvalue weighted by molar-refractivity contribution is 5.77. The first-order chi connectivity index (χ1) is 5.63. The van der Waals surface area contributed by atoms with Gasteiger partial charge in [-0.2, -0.15) is 0 Å². The van der Waals surface area contributed by atoms with Gasteiger partial charge in [0.1, 0.15) is 0 Å². The molecule has 1 rings (SSSR count). The Labute approximate surface area is 73.1 Å². The Kier molecular flexibility index (Phi) is 3.05. The summed E-state index contributed by atoms with van der Waals surface area (Å²) in [4.78, 5) is 13.1. The minimum Gasteiger partial charge on any atom is -0.293 e. The number of nitrogens with zero attached hydrogens (tertiary/aromatic N) is 1. The Morgan fingerprint density at radius 1 is 1.67 bits per heavy atom. The molecule has 4 nitrogen and oxygen atoms in total. The second-order valence-corrected chi connectivity index (χ2v) is 3.69. The monoisotopic (exact) mass is 171 g/mol. The molecule has 0 saturated carbocycles. The molecule has 0 bridgehead atoms. The minimum absolute atomic E-state index is 0.101. The molecule has 70 valence electrons. The molecule has 1 amide bonds. The summed E-state index contributed by atoms with van der Waals surface area (Å²) in [5.41, 5.74) is 2.15. The predicted molar refractivity (Wildman–Crippen MR) is 47.1 cm³/mol. The standard InChI is InChI=1S/C8H17N3O/c1-6-3-7(2)11(4-6)5-8(12)10-9/h6-7H,3-5,9H2,1-2H3,(H,10,12). The smallest absolute Gasteiger partial charge is 0.248 e. The molecule has 1 fully saturated rings. The maximum Gasteiger partial charge on any atom is 0.248 e. The molecule has 1 aliphatic heterocycles. The molecule has 0 spiro atoms.